The Morgan fingerprint density at radius 2 is 2.28 bits per heavy atom. The molecule has 1 aromatic carbocycles. The van der Waals surface area contributed by atoms with Crippen molar-refractivity contribution in [2.75, 3.05) is 13.6 Å². The van der Waals surface area contributed by atoms with Crippen LogP contribution in [0.25, 0.3) is 11.0 Å². The van der Waals surface area contributed by atoms with Crippen LogP contribution >= 0.6 is 0 Å². The van der Waals surface area contributed by atoms with E-state index >= 15 is 0 Å². The molecule has 0 saturated carbocycles. The van der Waals surface area contributed by atoms with Crippen LogP contribution in [0.1, 0.15) is 25.8 Å². The first-order valence-electron chi connectivity index (χ1n) is 5.96. The number of rotatable bonds is 5. The fourth-order valence-corrected chi connectivity index (χ4v) is 1.82. The Bertz CT molecular complexity index is 565. The van der Waals surface area contributed by atoms with Crippen molar-refractivity contribution in [1.29, 1.82) is 0 Å². The van der Waals surface area contributed by atoms with E-state index in [1.807, 2.05) is 32.2 Å². The lowest BCUT2D eigenvalue weighted by atomic mass is 10.2. The lowest BCUT2D eigenvalue weighted by molar-refractivity contribution is 0.0989. The molecule has 1 atom stereocenters. The minimum absolute atomic E-state index is 0. The molecule has 0 radical (unpaired) electrons. The summed E-state index contributed by atoms with van der Waals surface area (Å²) in [5.41, 5.74) is 0.675. The first-order chi connectivity index (χ1) is 8.60. The van der Waals surface area contributed by atoms with Gasteiger partial charge in [-0.15, -0.1) is 0 Å². The molecule has 18 heavy (non-hydrogen) atoms. The van der Waals surface area contributed by atoms with Crippen molar-refractivity contribution < 1.29 is 15.4 Å². The van der Waals surface area contributed by atoms with Gasteiger partial charge >= 0.3 is 0 Å². The van der Waals surface area contributed by atoms with Crippen molar-refractivity contribution in [3.63, 3.8) is 0 Å². The Labute approximate surface area is 107 Å². The van der Waals surface area contributed by atoms with Crippen molar-refractivity contribution in [2.45, 2.75) is 20.0 Å². The average molecular weight is 249 g/mol. The maximum atomic E-state index is 11.2. The number of carbonyl (C=O) groups is 1. The molecule has 0 saturated heterocycles. The molecular weight excluding hydrogens is 230 g/mol. The Balaban J connectivity index is 0.00000180. The van der Waals surface area contributed by atoms with E-state index in [1.165, 1.54) is 6.92 Å². The monoisotopic (exact) mass is 249 g/mol. The number of furan rings is 1. The number of hydrogen-bond donors (Lipinski definition) is 1. The fraction of sp³-hybridized carbons (Fsp3) is 0.357. The highest BCUT2D eigenvalue weighted by molar-refractivity contribution is 5.96. The van der Waals surface area contributed by atoms with E-state index in [9.17, 15) is 4.79 Å². The smallest absolute Gasteiger partial charge is 0.194 e. The van der Waals surface area contributed by atoms with Crippen molar-refractivity contribution >= 4 is 16.8 Å². The summed E-state index contributed by atoms with van der Waals surface area (Å²) in [6.45, 7) is 4.25. The lowest BCUT2D eigenvalue weighted by Crippen LogP contribution is -2.25. The van der Waals surface area contributed by atoms with E-state index in [0.717, 1.165) is 17.7 Å². The van der Waals surface area contributed by atoms with Crippen LogP contribution in [0, 0.1) is 0 Å². The maximum Gasteiger partial charge on any atom is 0.194 e. The summed E-state index contributed by atoms with van der Waals surface area (Å²) < 4.78 is 11.2. The second-order valence-electron chi connectivity index (χ2n) is 4.35. The minimum Gasteiger partial charge on any atom is -0.489 e. The zero-order valence-electron chi connectivity index (χ0n) is 10.8. The maximum absolute atomic E-state index is 11.2. The molecule has 2 rings (SSSR count). The molecule has 0 amide bonds. The van der Waals surface area contributed by atoms with Gasteiger partial charge in [0.05, 0.1) is 0 Å². The molecule has 0 aliphatic heterocycles. The average Bonchev–Trinajstić information content (AvgIpc) is 2.72. The van der Waals surface area contributed by atoms with Gasteiger partial charge in [-0.05, 0) is 32.2 Å². The molecule has 4 heteroatoms. The second kappa shape index (κ2) is 5.23. The van der Waals surface area contributed by atoms with Crippen molar-refractivity contribution in [1.82, 2.24) is 5.32 Å². The van der Waals surface area contributed by atoms with Gasteiger partial charge in [0.2, 0.25) is 0 Å². The van der Waals surface area contributed by atoms with Crippen LogP contribution in [-0.4, -0.2) is 25.5 Å². The summed E-state index contributed by atoms with van der Waals surface area (Å²) in [6, 6.07) is 7.34. The van der Waals surface area contributed by atoms with Gasteiger partial charge in [0.15, 0.2) is 11.5 Å². The lowest BCUT2D eigenvalue weighted by Gasteiger charge is -2.13. The van der Waals surface area contributed by atoms with Gasteiger partial charge < -0.3 is 14.5 Å². The SMILES string of the molecule is CNC[C@@H](C)Oc1ccc2cc(C(C)=O)oc2c1.[HH]. The Kier molecular flexibility index (Phi) is 3.67. The number of likely N-dealkylation sites (N-methyl/N-ethyl adjacent to an activating group) is 1. The van der Waals surface area contributed by atoms with Crippen LogP contribution in [0.2, 0.25) is 0 Å². The van der Waals surface area contributed by atoms with Gasteiger partial charge in [-0.3, -0.25) is 4.79 Å². The molecule has 0 aliphatic carbocycles. The van der Waals surface area contributed by atoms with Crippen LogP contribution in [-0.2, 0) is 0 Å². The van der Waals surface area contributed by atoms with E-state index < -0.39 is 0 Å². The summed E-state index contributed by atoms with van der Waals surface area (Å²) in [5, 5.41) is 3.96. The van der Waals surface area contributed by atoms with Gasteiger partial charge in [0.25, 0.3) is 0 Å². The number of nitrogens with one attached hydrogen (secondary N) is 1. The summed E-state index contributed by atoms with van der Waals surface area (Å²) >= 11 is 0. The molecule has 0 spiro atoms. The number of hydrogen-bond acceptors (Lipinski definition) is 4. The largest absolute Gasteiger partial charge is 0.489 e. The Hall–Kier alpha value is -1.81. The van der Waals surface area contributed by atoms with Crippen LogP contribution < -0.4 is 10.1 Å². The zero-order chi connectivity index (χ0) is 13.1. The second-order valence-corrected chi connectivity index (χ2v) is 4.35. The molecule has 1 heterocycles. The number of Topliss-reactive ketones (excluding diaryl/α,β-unsaturated/α-hetero) is 1. The summed E-state index contributed by atoms with van der Waals surface area (Å²) in [6.07, 6.45) is 0.0784. The summed E-state index contributed by atoms with van der Waals surface area (Å²) in [4.78, 5) is 11.2. The van der Waals surface area contributed by atoms with Gasteiger partial charge in [-0.1, -0.05) is 0 Å². The van der Waals surface area contributed by atoms with E-state index in [1.54, 1.807) is 6.07 Å². The van der Waals surface area contributed by atoms with Crippen molar-refractivity contribution in [3.8, 4) is 5.75 Å². The Morgan fingerprint density at radius 3 is 2.94 bits per heavy atom. The predicted molar refractivity (Wildman–Crippen MR) is 72.3 cm³/mol. The number of ketones is 1. The molecule has 1 N–H and O–H groups in total. The molecule has 0 bridgehead atoms. The van der Waals surface area contributed by atoms with E-state index in [-0.39, 0.29) is 13.3 Å². The van der Waals surface area contributed by atoms with E-state index in [0.29, 0.717) is 11.3 Å². The van der Waals surface area contributed by atoms with E-state index in [4.69, 9.17) is 9.15 Å². The first kappa shape index (κ1) is 12.6. The molecule has 1 aromatic heterocycles. The zero-order valence-corrected chi connectivity index (χ0v) is 10.8. The third-order valence-corrected chi connectivity index (χ3v) is 2.67. The molecule has 2 aromatic rings. The van der Waals surface area contributed by atoms with E-state index in [2.05, 4.69) is 5.32 Å². The van der Waals surface area contributed by atoms with Gasteiger partial charge in [-0.25, -0.2) is 0 Å². The topological polar surface area (TPSA) is 51.5 Å². The standard InChI is InChI=1S/C14H17NO3.H2/c1-9(8-15-3)17-12-5-4-11-6-13(10(2)16)18-14(11)7-12;/h4-7,9,15H,8H2,1-3H3;1H/t9-;/m1./s1. The van der Waals surface area contributed by atoms with Crippen LogP contribution in [0.5, 0.6) is 5.75 Å². The highest BCUT2D eigenvalue weighted by Gasteiger charge is 2.09. The number of fused-ring (bicyclic) bond motifs is 1. The fourth-order valence-electron chi connectivity index (χ4n) is 1.82. The molecule has 0 aliphatic rings. The number of benzene rings is 1. The molecule has 0 unspecified atom stereocenters. The van der Waals surface area contributed by atoms with Crippen LogP contribution in [0.3, 0.4) is 0 Å². The Morgan fingerprint density at radius 1 is 1.50 bits per heavy atom. The van der Waals surface area contributed by atoms with Crippen LogP contribution in [0.15, 0.2) is 28.7 Å². The van der Waals surface area contributed by atoms with Gasteiger partial charge in [-0.2, -0.15) is 0 Å². The quantitative estimate of drug-likeness (QED) is 0.828. The van der Waals surface area contributed by atoms with Gasteiger partial charge in [0, 0.05) is 26.3 Å². The predicted octanol–water partition coefficient (Wildman–Crippen LogP) is 2.87. The molecule has 4 nitrogen and oxygen atoms in total. The normalized spacial score (nSPS) is 12.6. The van der Waals surface area contributed by atoms with Crippen LogP contribution in [0.4, 0.5) is 0 Å². The highest BCUT2D eigenvalue weighted by Crippen LogP contribution is 2.25. The highest BCUT2D eigenvalue weighted by atomic mass is 16.5. The first-order valence-corrected chi connectivity index (χ1v) is 5.96. The summed E-state index contributed by atoms with van der Waals surface area (Å²) in [5.74, 6) is 1.05. The molecular formula is C14H19NO3. The van der Waals surface area contributed by atoms with Crippen molar-refractivity contribution in [2.24, 2.45) is 0 Å². The minimum atomic E-state index is -0.0720. The molecule has 98 valence electrons. The van der Waals surface area contributed by atoms with Crippen molar-refractivity contribution in [3.05, 3.63) is 30.0 Å². The number of ether oxygens (including phenoxy) is 1. The third-order valence-electron chi connectivity index (χ3n) is 2.67. The van der Waals surface area contributed by atoms with Gasteiger partial charge in [0.1, 0.15) is 17.4 Å². The summed E-state index contributed by atoms with van der Waals surface area (Å²) in [7, 11) is 1.88. The number of carbonyl (C=O) groups excluding carboxylic acids is 1. The third kappa shape index (κ3) is 2.71. The molecule has 0 fully saturated rings.